The molecule has 2 aromatic heterocycles. The minimum absolute atomic E-state index is 0.228. The summed E-state index contributed by atoms with van der Waals surface area (Å²) in [4.78, 5) is 0. The zero-order chi connectivity index (χ0) is 14.4. The van der Waals surface area contributed by atoms with E-state index >= 15 is 0 Å². The van der Waals surface area contributed by atoms with Crippen LogP contribution in [0.5, 0.6) is 0 Å². The Balaban J connectivity index is 2.22. The number of nitrogens with zero attached hydrogens (tertiary/aromatic N) is 2. The quantitative estimate of drug-likeness (QED) is 0.788. The molecule has 0 amide bonds. The standard InChI is InChI=1S/C15H22ClN3S/c1-3-6-17-14(9-12-5-8-20-11-12)15-13(16)10-18-19(15)7-4-2/h5,8,10-11,14,17H,3-4,6-7,9H2,1-2H3. The largest absolute Gasteiger partial charge is 0.308 e. The van der Waals surface area contributed by atoms with Crippen molar-refractivity contribution in [2.75, 3.05) is 6.54 Å². The van der Waals surface area contributed by atoms with Crippen LogP contribution in [0.25, 0.3) is 0 Å². The average Bonchev–Trinajstić information content (AvgIpc) is 3.06. The zero-order valence-electron chi connectivity index (χ0n) is 12.1. The topological polar surface area (TPSA) is 29.9 Å². The maximum absolute atomic E-state index is 6.37. The molecule has 3 nitrogen and oxygen atoms in total. The second-order valence-electron chi connectivity index (χ2n) is 4.94. The van der Waals surface area contributed by atoms with Gasteiger partial charge in [0, 0.05) is 6.54 Å². The van der Waals surface area contributed by atoms with Crippen molar-refractivity contribution in [1.29, 1.82) is 0 Å². The average molecular weight is 312 g/mol. The third-order valence-corrected chi connectivity index (χ3v) is 4.28. The molecular formula is C15H22ClN3S. The molecule has 0 aromatic carbocycles. The third kappa shape index (κ3) is 3.84. The summed E-state index contributed by atoms with van der Waals surface area (Å²) in [6.45, 7) is 6.24. The van der Waals surface area contributed by atoms with Gasteiger partial charge in [-0.1, -0.05) is 25.4 Å². The number of hydrogen-bond donors (Lipinski definition) is 1. The van der Waals surface area contributed by atoms with Crippen molar-refractivity contribution in [2.45, 2.75) is 45.7 Å². The van der Waals surface area contributed by atoms with Gasteiger partial charge < -0.3 is 5.32 Å². The van der Waals surface area contributed by atoms with E-state index in [4.69, 9.17) is 11.6 Å². The van der Waals surface area contributed by atoms with Crippen LogP contribution in [0.2, 0.25) is 5.02 Å². The molecule has 0 spiro atoms. The van der Waals surface area contributed by atoms with E-state index in [1.54, 1.807) is 17.5 Å². The van der Waals surface area contributed by atoms with Crippen molar-refractivity contribution in [2.24, 2.45) is 0 Å². The number of aryl methyl sites for hydroxylation is 1. The van der Waals surface area contributed by atoms with E-state index in [2.05, 4.69) is 41.1 Å². The molecule has 0 aliphatic rings. The number of halogens is 1. The van der Waals surface area contributed by atoms with E-state index in [0.717, 1.165) is 43.1 Å². The molecule has 20 heavy (non-hydrogen) atoms. The Kier molecular flexibility index (Phi) is 6.07. The van der Waals surface area contributed by atoms with Gasteiger partial charge in [-0.25, -0.2) is 0 Å². The van der Waals surface area contributed by atoms with Crippen LogP contribution in [0.4, 0.5) is 0 Å². The molecule has 110 valence electrons. The van der Waals surface area contributed by atoms with Gasteiger partial charge in [0.2, 0.25) is 0 Å². The van der Waals surface area contributed by atoms with Crippen LogP contribution >= 0.6 is 22.9 Å². The lowest BCUT2D eigenvalue weighted by atomic mass is 10.1. The lowest BCUT2D eigenvalue weighted by Gasteiger charge is -2.20. The fourth-order valence-electron chi connectivity index (χ4n) is 2.34. The van der Waals surface area contributed by atoms with Crippen molar-refractivity contribution in [3.8, 4) is 0 Å². The lowest BCUT2D eigenvalue weighted by Crippen LogP contribution is -2.27. The monoisotopic (exact) mass is 311 g/mol. The molecule has 1 unspecified atom stereocenters. The van der Waals surface area contributed by atoms with E-state index in [1.165, 1.54) is 5.56 Å². The van der Waals surface area contributed by atoms with E-state index in [-0.39, 0.29) is 6.04 Å². The van der Waals surface area contributed by atoms with Gasteiger partial charge in [0.15, 0.2) is 0 Å². The normalized spacial score (nSPS) is 12.8. The molecule has 2 aromatic rings. The molecule has 1 N–H and O–H groups in total. The van der Waals surface area contributed by atoms with Crippen LogP contribution in [-0.2, 0) is 13.0 Å². The maximum Gasteiger partial charge on any atom is 0.0834 e. The van der Waals surface area contributed by atoms with Crippen LogP contribution in [-0.4, -0.2) is 16.3 Å². The molecule has 0 aliphatic heterocycles. The molecule has 2 rings (SSSR count). The van der Waals surface area contributed by atoms with Gasteiger partial charge in [-0.3, -0.25) is 4.68 Å². The molecule has 0 aliphatic carbocycles. The number of aromatic nitrogens is 2. The summed E-state index contributed by atoms with van der Waals surface area (Å²) < 4.78 is 2.04. The number of nitrogens with one attached hydrogen (secondary N) is 1. The van der Waals surface area contributed by atoms with Gasteiger partial charge in [-0.05, 0) is 48.2 Å². The Morgan fingerprint density at radius 2 is 2.25 bits per heavy atom. The molecule has 0 fully saturated rings. The Hall–Kier alpha value is -0.840. The molecule has 0 radical (unpaired) electrons. The summed E-state index contributed by atoms with van der Waals surface area (Å²) in [5.74, 6) is 0. The number of rotatable bonds is 8. The van der Waals surface area contributed by atoms with E-state index in [1.807, 2.05) is 4.68 Å². The first-order valence-electron chi connectivity index (χ1n) is 7.21. The molecule has 1 atom stereocenters. The summed E-state index contributed by atoms with van der Waals surface area (Å²) in [6, 6.07) is 2.41. The molecule has 5 heteroatoms. The molecular weight excluding hydrogens is 290 g/mol. The van der Waals surface area contributed by atoms with Crippen LogP contribution in [0.1, 0.15) is 44.0 Å². The SMILES string of the molecule is CCCNC(Cc1ccsc1)c1c(Cl)cnn1CCC. The Morgan fingerprint density at radius 3 is 2.90 bits per heavy atom. The molecule has 0 bridgehead atoms. The second-order valence-corrected chi connectivity index (χ2v) is 6.13. The first-order valence-corrected chi connectivity index (χ1v) is 8.54. The van der Waals surface area contributed by atoms with Crippen LogP contribution in [0.3, 0.4) is 0 Å². The van der Waals surface area contributed by atoms with Crippen molar-refractivity contribution in [1.82, 2.24) is 15.1 Å². The Morgan fingerprint density at radius 1 is 1.40 bits per heavy atom. The zero-order valence-corrected chi connectivity index (χ0v) is 13.7. The fourth-order valence-corrected chi connectivity index (χ4v) is 3.29. The molecule has 0 saturated carbocycles. The first kappa shape index (κ1) is 15.5. The summed E-state index contributed by atoms with van der Waals surface area (Å²) in [5, 5.41) is 13.1. The van der Waals surface area contributed by atoms with Crippen molar-refractivity contribution in [3.63, 3.8) is 0 Å². The predicted octanol–water partition coefficient (Wildman–Crippen LogP) is 4.29. The summed E-state index contributed by atoms with van der Waals surface area (Å²) in [5.41, 5.74) is 2.47. The minimum Gasteiger partial charge on any atom is -0.308 e. The van der Waals surface area contributed by atoms with Gasteiger partial charge in [-0.15, -0.1) is 0 Å². The van der Waals surface area contributed by atoms with Crippen LogP contribution < -0.4 is 5.32 Å². The number of thiophene rings is 1. The third-order valence-electron chi connectivity index (χ3n) is 3.26. The molecule has 0 saturated heterocycles. The summed E-state index contributed by atoms with van der Waals surface area (Å²) in [7, 11) is 0. The van der Waals surface area contributed by atoms with Crippen LogP contribution in [0, 0.1) is 0 Å². The van der Waals surface area contributed by atoms with Crippen molar-refractivity contribution in [3.05, 3.63) is 39.3 Å². The summed E-state index contributed by atoms with van der Waals surface area (Å²) >= 11 is 8.11. The predicted molar refractivity (Wildman–Crippen MR) is 86.6 cm³/mol. The highest BCUT2D eigenvalue weighted by molar-refractivity contribution is 7.07. The van der Waals surface area contributed by atoms with E-state index in [9.17, 15) is 0 Å². The Labute approximate surface area is 130 Å². The van der Waals surface area contributed by atoms with Gasteiger partial charge >= 0.3 is 0 Å². The van der Waals surface area contributed by atoms with Gasteiger partial charge in [-0.2, -0.15) is 16.4 Å². The van der Waals surface area contributed by atoms with Crippen molar-refractivity contribution >= 4 is 22.9 Å². The fraction of sp³-hybridized carbons (Fsp3) is 0.533. The highest BCUT2D eigenvalue weighted by atomic mass is 35.5. The Bertz CT molecular complexity index is 507. The number of hydrogen-bond acceptors (Lipinski definition) is 3. The van der Waals surface area contributed by atoms with Crippen LogP contribution in [0.15, 0.2) is 23.0 Å². The summed E-state index contributed by atoms with van der Waals surface area (Å²) in [6.07, 6.45) is 4.89. The van der Waals surface area contributed by atoms with E-state index < -0.39 is 0 Å². The lowest BCUT2D eigenvalue weighted by molar-refractivity contribution is 0.469. The smallest absolute Gasteiger partial charge is 0.0834 e. The molecule has 2 heterocycles. The highest BCUT2D eigenvalue weighted by Gasteiger charge is 2.20. The van der Waals surface area contributed by atoms with Gasteiger partial charge in [0.1, 0.15) is 0 Å². The van der Waals surface area contributed by atoms with E-state index in [0.29, 0.717) is 0 Å². The second kappa shape index (κ2) is 7.81. The minimum atomic E-state index is 0.228. The maximum atomic E-state index is 6.37. The first-order chi connectivity index (χ1) is 9.76. The van der Waals surface area contributed by atoms with Crippen molar-refractivity contribution < 1.29 is 0 Å². The van der Waals surface area contributed by atoms with Gasteiger partial charge in [0.25, 0.3) is 0 Å². The van der Waals surface area contributed by atoms with Gasteiger partial charge in [0.05, 0.1) is 23.0 Å². The highest BCUT2D eigenvalue weighted by Crippen LogP contribution is 2.26.